The lowest BCUT2D eigenvalue weighted by molar-refractivity contribution is -0.141. The van der Waals surface area contributed by atoms with Crippen LogP contribution < -0.4 is 0 Å². The van der Waals surface area contributed by atoms with E-state index in [2.05, 4.69) is 15.0 Å². The number of aryl methyl sites for hydroxylation is 1. The van der Waals surface area contributed by atoms with Gasteiger partial charge in [0.05, 0.1) is 11.4 Å². The van der Waals surface area contributed by atoms with Gasteiger partial charge in [-0.15, -0.1) is 0 Å². The molecule has 4 rings (SSSR count). The number of imidazole rings is 1. The molecule has 3 aromatic heterocycles. The van der Waals surface area contributed by atoms with Crippen LogP contribution in [0.15, 0.2) is 66.1 Å². The Morgan fingerprint density at radius 3 is 2.54 bits per heavy atom. The molecule has 0 aliphatic rings. The Bertz CT molecular complexity index is 1120. The molecule has 0 fully saturated rings. The first-order valence-corrected chi connectivity index (χ1v) is 9.46. The van der Waals surface area contributed by atoms with Crippen molar-refractivity contribution in [3.63, 3.8) is 0 Å². The number of benzene rings is 1. The van der Waals surface area contributed by atoms with Gasteiger partial charge < -0.3 is 4.40 Å². The summed E-state index contributed by atoms with van der Waals surface area (Å²) in [4.78, 5) is 12.5. The second-order valence-corrected chi connectivity index (χ2v) is 7.22. The molecule has 8 heteroatoms. The third-order valence-corrected chi connectivity index (χ3v) is 4.96. The lowest BCUT2D eigenvalue weighted by Crippen LogP contribution is -2.10. The summed E-state index contributed by atoms with van der Waals surface area (Å²) in [6.45, 7) is 1.98. The summed E-state index contributed by atoms with van der Waals surface area (Å²) in [5, 5.41) is 0.0712. The zero-order chi connectivity index (χ0) is 19.7. The first-order valence-electron chi connectivity index (χ1n) is 8.47. The van der Waals surface area contributed by atoms with E-state index in [1.54, 1.807) is 30.3 Å². The van der Waals surface area contributed by atoms with E-state index in [0.29, 0.717) is 11.3 Å². The van der Waals surface area contributed by atoms with Crippen LogP contribution in [0.2, 0.25) is 0 Å². The summed E-state index contributed by atoms with van der Waals surface area (Å²) >= 11 is 1.13. The van der Waals surface area contributed by atoms with E-state index >= 15 is 0 Å². The van der Waals surface area contributed by atoms with E-state index in [1.165, 1.54) is 0 Å². The Morgan fingerprint density at radius 1 is 1.00 bits per heavy atom. The molecule has 0 saturated carbocycles. The predicted molar refractivity (Wildman–Crippen MR) is 102 cm³/mol. The number of hydrogen-bond acceptors (Lipinski definition) is 4. The summed E-state index contributed by atoms with van der Waals surface area (Å²) in [5.41, 5.74) is 2.54. The molecule has 0 spiro atoms. The summed E-state index contributed by atoms with van der Waals surface area (Å²) in [6, 6.07) is 13.7. The average molecular weight is 400 g/mol. The molecule has 0 aliphatic carbocycles. The lowest BCUT2D eigenvalue weighted by Gasteiger charge is -2.10. The molecule has 0 bridgehead atoms. The minimum Gasteiger partial charge on any atom is -0.307 e. The highest BCUT2D eigenvalue weighted by Crippen LogP contribution is 2.32. The van der Waals surface area contributed by atoms with Crippen LogP contribution >= 0.6 is 11.8 Å². The van der Waals surface area contributed by atoms with Crippen molar-refractivity contribution in [3.8, 4) is 11.3 Å². The second-order valence-electron chi connectivity index (χ2n) is 6.28. The van der Waals surface area contributed by atoms with Gasteiger partial charge in [0.25, 0.3) is 0 Å². The number of halogens is 3. The van der Waals surface area contributed by atoms with Gasteiger partial charge in [-0.2, -0.15) is 13.2 Å². The predicted octanol–water partition coefficient (Wildman–Crippen LogP) is 5.41. The van der Waals surface area contributed by atoms with Crippen molar-refractivity contribution in [2.75, 3.05) is 0 Å². The molecule has 4 nitrogen and oxygen atoms in total. The summed E-state index contributed by atoms with van der Waals surface area (Å²) in [5.74, 6) is 0.371. The maximum Gasteiger partial charge on any atom is 0.433 e. The fourth-order valence-electron chi connectivity index (χ4n) is 2.74. The van der Waals surface area contributed by atoms with Crippen LogP contribution in [0.3, 0.4) is 0 Å². The monoisotopic (exact) mass is 400 g/mol. The molecule has 0 unspecified atom stereocenters. The Kier molecular flexibility index (Phi) is 4.80. The van der Waals surface area contributed by atoms with Gasteiger partial charge in [-0.25, -0.2) is 15.0 Å². The van der Waals surface area contributed by atoms with E-state index in [4.69, 9.17) is 0 Å². The zero-order valence-corrected chi connectivity index (χ0v) is 15.6. The number of aromatic nitrogens is 4. The van der Waals surface area contributed by atoms with E-state index < -0.39 is 11.9 Å². The van der Waals surface area contributed by atoms with Crippen molar-refractivity contribution in [2.45, 2.75) is 24.0 Å². The number of pyridine rings is 1. The first-order chi connectivity index (χ1) is 13.4. The van der Waals surface area contributed by atoms with Gasteiger partial charge >= 0.3 is 6.18 Å². The summed E-state index contributed by atoms with van der Waals surface area (Å²) in [7, 11) is 0. The summed E-state index contributed by atoms with van der Waals surface area (Å²) < 4.78 is 41.7. The van der Waals surface area contributed by atoms with Crippen LogP contribution in [0, 0.1) is 6.92 Å². The highest BCUT2D eigenvalue weighted by molar-refractivity contribution is 7.98. The molecule has 0 atom stereocenters. The quantitative estimate of drug-likeness (QED) is 0.339. The fraction of sp³-hybridized carbons (Fsp3) is 0.150. The van der Waals surface area contributed by atoms with E-state index in [0.717, 1.165) is 34.7 Å². The topological polar surface area (TPSA) is 43.1 Å². The molecule has 4 aromatic rings. The normalized spacial score (nSPS) is 11.9. The minimum absolute atomic E-state index is 0.0712. The molecule has 3 heterocycles. The van der Waals surface area contributed by atoms with Gasteiger partial charge in [0.1, 0.15) is 11.3 Å². The van der Waals surface area contributed by atoms with Crippen LogP contribution in [0.5, 0.6) is 0 Å². The van der Waals surface area contributed by atoms with Gasteiger partial charge in [0, 0.05) is 23.7 Å². The van der Waals surface area contributed by atoms with E-state index in [1.807, 2.05) is 35.9 Å². The third-order valence-electron chi connectivity index (χ3n) is 4.08. The first kappa shape index (κ1) is 18.5. The molecule has 1 aromatic carbocycles. The largest absolute Gasteiger partial charge is 0.433 e. The smallest absolute Gasteiger partial charge is 0.307 e. The van der Waals surface area contributed by atoms with E-state index in [9.17, 15) is 13.2 Å². The average Bonchev–Trinajstić information content (AvgIpc) is 3.08. The standard InChI is InChI=1S/C20H15F3N4S/c1-13-7-8-27-11-15(24-18(27)9-13)12-28-19-25-16(14-5-3-2-4-6-14)10-17(26-19)20(21,22)23/h2-11H,12H2,1H3. The van der Waals surface area contributed by atoms with Crippen LogP contribution in [0.1, 0.15) is 17.0 Å². The molecule has 0 radical (unpaired) electrons. The number of rotatable bonds is 4. The van der Waals surface area contributed by atoms with Crippen molar-refractivity contribution in [3.05, 3.63) is 77.9 Å². The van der Waals surface area contributed by atoms with Crippen molar-refractivity contribution in [2.24, 2.45) is 0 Å². The number of hydrogen-bond donors (Lipinski definition) is 0. The maximum absolute atomic E-state index is 13.3. The zero-order valence-electron chi connectivity index (χ0n) is 14.8. The fourth-order valence-corrected chi connectivity index (χ4v) is 3.48. The Morgan fingerprint density at radius 2 is 1.79 bits per heavy atom. The summed E-state index contributed by atoms with van der Waals surface area (Å²) in [6.07, 6.45) is -0.782. The van der Waals surface area contributed by atoms with E-state index in [-0.39, 0.29) is 10.9 Å². The van der Waals surface area contributed by atoms with Crippen LogP contribution in [-0.2, 0) is 11.9 Å². The molecule has 0 N–H and O–H groups in total. The lowest BCUT2D eigenvalue weighted by atomic mass is 10.1. The number of alkyl halides is 3. The molecule has 0 saturated heterocycles. The van der Waals surface area contributed by atoms with Gasteiger partial charge in [-0.1, -0.05) is 42.1 Å². The van der Waals surface area contributed by atoms with Gasteiger partial charge in [-0.05, 0) is 30.7 Å². The van der Waals surface area contributed by atoms with Crippen LogP contribution in [0.4, 0.5) is 13.2 Å². The highest BCUT2D eigenvalue weighted by Gasteiger charge is 2.33. The van der Waals surface area contributed by atoms with Crippen molar-refractivity contribution < 1.29 is 13.2 Å². The molecule has 0 aliphatic heterocycles. The SMILES string of the molecule is Cc1ccn2cc(CSc3nc(-c4ccccc4)cc(C(F)(F)F)n3)nc2c1. The van der Waals surface area contributed by atoms with Crippen molar-refractivity contribution in [1.82, 2.24) is 19.4 Å². The van der Waals surface area contributed by atoms with Crippen molar-refractivity contribution in [1.29, 1.82) is 0 Å². The maximum atomic E-state index is 13.3. The number of thioether (sulfide) groups is 1. The van der Waals surface area contributed by atoms with Gasteiger partial charge in [0.2, 0.25) is 0 Å². The Hall–Kier alpha value is -2.87. The molecular weight excluding hydrogens is 385 g/mol. The van der Waals surface area contributed by atoms with Crippen LogP contribution in [0.25, 0.3) is 16.9 Å². The highest BCUT2D eigenvalue weighted by atomic mass is 32.2. The second kappa shape index (κ2) is 7.27. The van der Waals surface area contributed by atoms with Gasteiger partial charge in [-0.3, -0.25) is 0 Å². The number of fused-ring (bicyclic) bond motifs is 1. The molecular formula is C20H15F3N4S. The third kappa shape index (κ3) is 4.01. The Balaban J connectivity index is 1.64. The number of nitrogens with zero attached hydrogens (tertiary/aromatic N) is 4. The Labute approximate surface area is 163 Å². The molecule has 0 amide bonds. The molecule has 142 valence electrons. The van der Waals surface area contributed by atoms with Crippen molar-refractivity contribution >= 4 is 17.4 Å². The minimum atomic E-state index is -4.54. The van der Waals surface area contributed by atoms with Crippen LogP contribution in [-0.4, -0.2) is 19.4 Å². The van der Waals surface area contributed by atoms with Gasteiger partial charge in [0.15, 0.2) is 5.16 Å². The molecule has 28 heavy (non-hydrogen) atoms.